The zero-order valence-electron chi connectivity index (χ0n) is 16.1. The largest absolute Gasteiger partial charge is 0.337 e. The number of para-hydroxylation sites is 2. The number of unbranched alkanes of at least 4 members (excludes halogenated alkanes) is 1. The van der Waals surface area contributed by atoms with Gasteiger partial charge < -0.3 is 4.90 Å². The Morgan fingerprint density at radius 1 is 0.964 bits per heavy atom. The summed E-state index contributed by atoms with van der Waals surface area (Å²) in [6.45, 7) is 2.05. The van der Waals surface area contributed by atoms with Gasteiger partial charge in [0.1, 0.15) is 5.01 Å². The van der Waals surface area contributed by atoms with Gasteiger partial charge in [-0.2, -0.15) is 0 Å². The van der Waals surface area contributed by atoms with Crippen LogP contribution in [0.25, 0.3) is 20.4 Å². The van der Waals surface area contributed by atoms with Crippen molar-refractivity contribution in [2.24, 2.45) is 0 Å². The molecule has 0 unspecified atom stereocenters. The average molecular weight is 410 g/mol. The predicted molar refractivity (Wildman–Crippen MR) is 118 cm³/mol. The molecule has 0 N–H and O–H groups in total. The number of benzene rings is 2. The van der Waals surface area contributed by atoms with E-state index in [1.54, 1.807) is 22.7 Å². The molecule has 0 spiro atoms. The first-order chi connectivity index (χ1) is 13.6. The van der Waals surface area contributed by atoms with Crippen LogP contribution in [0.5, 0.6) is 0 Å². The lowest BCUT2D eigenvalue weighted by Crippen LogP contribution is -2.29. The minimum Gasteiger partial charge on any atom is -0.337 e. The summed E-state index contributed by atoms with van der Waals surface area (Å²) in [5.74, 6) is 0.177. The molecule has 0 saturated carbocycles. The molecule has 0 fully saturated rings. The highest BCUT2D eigenvalue weighted by atomic mass is 32.1. The van der Waals surface area contributed by atoms with E-state index in [4.69, 9.17) is 4.98 Å². The molecule has 0 saturated heterocycles. The molecular weight excluding hydrogens is 386 g/mol. The number of rotatable bonds is 7. The second-order valence-corrected chi connectivity index (χ2v) is 9.16. The molecule has 4 nitrogen and oxygen atoms in total. The van der Waals surface area contributed by atoms with Crippen LogP contribution in [-0.4, -0.2) is 27.8 Å². The van der Waals surface area contributed by atoms with Crippen molar-refractivity contribution in [3.8, 4) is 0 Å². The number of hydrogen-bond acceptors (Lipinski definition) is 5. The molecule has 0 aliphatic rings. The van der Waals surface area contributed by atoms with E-state index < -0.39 is 0 Å². The molecule has 4 aromatic rings. The van der Waals surface area contributed by atoms with Crippen molar-refractivity contribution in [2.45, 2.75) is 38.6 Å². The Morgan fingerprint density at radius 2 is 1.61 bits per heavy atom. The van der Waals surface area contributed by atoms with E-state index in [-0.39, 0.29) is 11.9 Å². The van der Waals surface area contributed by atoms with Gasteiger partial charge in [-0.25, -0.2) is 9.97 Å². The van der Waals surface area contributed by atoms with E-state index in [0.29, 0.717) is 6.42 Å². The second-order valence-electron chi connectivity index (χ2n) is 6.98. The first kappa shape index (κ1) is 19.0. The minimum atomic E-state index is -0.00541. The number of fused-ring (bicyclic) bond motifs is 2. The fourth-order valence-corrected chi connectivity index (χ4v) is 5.28. The van der Waals surface area contributed by atoms with Gasteiger partial charge in [0.05, 0.1) is 31.5 Å². The number of aromatic nitrogens is 2. The minimum absolute atomic E-state index is 0.00541. The van der Waals surface area contributed by atoms with Crippen LogP contribution in [-0.2, 0) is 11.2 Å². The highest BCUT2D eigenvalue weighted by Crippen LogP contribution is 2.29. The number of aryl methyl sites for hydroxylation is 1. The smallest absolute Gasteiger partial charge is 0.222 e. The number of carbonyl (C=O) groups is 1. The van der Waals surface area contributed by atoms with Gasteiger partial charge in [0.2, 0.25) is 5.91 Å². The van der Waals surface area contributed by atoms with Crippen molar-refractivity contribution in [3.63, 3.8) is 0 Å². The van der Waals surface area contributed by atoms with Crippen LogP contribution in [0.15, 0.2) is 48.5 Å². The molecule has 0 bridgehead atoms. The normalized spacial score (nSPS) is 12.5. The quantitative estimate of drug-likeness (QED) is 0.360. The number of hydrogen-bond donors (Lipinski definition) is 0. The van der Waals surface area contributed by atoms with Gasteiger partial charge >= 0.3 is 0 Å². The molecule has 2 heterocycles. The molecular formula is C22H23N3OS2. The van der Waals surface area contributed by atoms with E-state index in [1.165, 1.54) is 9.40 Å². The standard InChI is InChI=1S/C22H23N3OS2/c1-15(22-24-17-10-4-6-12-19(17)28-22)25(2)21(26)14-8-7-13-20-23-16-9-3-5-11-18(16)27-20/h3-6,9-12,15H,7-8,13-14H2,1-2H3/t15-/m1/s1. The number of thiazole rings is 2. The van der Waals surface area contributed by atoms with Crippen LogP contribution in [0.3, 0.4) is 0 Å². The summed E-state index contributed by atoms with van der Waals surface area (Å²) >= 11 is 3.42. The van der Waals surface area contributed by atoms with Crippen molar-refractivity contribution in [1.29, 1.82) is 0 Å². The Kier molecular flexibility index (Phi) is 5.69. The van der Waals surface area contributed by atoms with Crippen LogP contribution >= 0.6 is 22.7 Å². The molecule has 6 heteroatoms. The molecule has 28 heavy (non-hydrogen) atoms. The molecule has 144 valence electrons. The number of amides is 1. The monoisotopic (exact) mass is 409 g/mol. The van der Waals surface area contributed by atoms with Gasteiger partial charge in [0, 0.05) is 13.5 Å². The highest BCUT2D eigenvalue weighted by Gasteiger charge is 2.20. The van der Waals surface area contributed by atoms with Crippen LogP contribution in [0, 0.1) is 0 Å². The van der Waals surface area contributed by atoms with Crippen molar-refractivity contribution in [2.75, 3.05) is 7.05 Å². The number of carbonyl (C=O) groups excluding carboxylic acids is 1. The SMILES string of the molecule is C[C@H](c1nc2ccccc2s1)N(C)C(=O)CCCCc1nc2ccccc2s1. The van der Waals surface area contributed by atoms with E-state index in [0.717, 1.165) is 40.3 Å². The first-order valence-corrected chi connectivity index (χ1v) is 11.2. The summed E-state index contributed by atoms with van der Waals surface area (Å²) in [5.41, 5.74) is 2.08. The van der Waals surface area contributed by atoms with Gasteiger partial charge in [0.15, 0.2) is 0 Å². The Hall–Kier alpha value is -2.31. The lowest BCUT2D eigenvalue weighted by Gasteiger charge is -2.23. The van der Waals surface area contributed by atoms with Gasteiger partial charge in [-0.15, -0.1) is 22.7 Å². The van der Waals surface area contributed by atoms with Gasteiger partial charge in [-0.3, -0.25) is 4.79 Å². The fourth-order valence-electron chi connectivity index (χ4n) is 3.21. The highest BCUT2D eigenvalue weighted by molar-refractivity contribution is 7.18. The zero-order chi connectivity index (χ0) is 19.5. The van der Waals surface area contributed by atoms with Gasteiger partial charge in [-0.05, 0) is 50.5 Å². The molecule has 1 atom stereocenters. The number of nitrogens with zero attached hydrogens (tertiary/aromatic N) is 3. The van der Waals surface area contributed by atoms with E-state index in [1.807, 2.05) is 42.3 Å². The molecule has 0 aliphatic heterocycles. The Labute approximate surface area is 172 Å². The summed E-state index contributed by atoms with van der Waals surface area (Å²) in [5, 5.41) is 2.15. The van der Waals surface area contributed by atoms with Gasteiger partial charge in [-0.1, -0.05) is 24.3 Å². The van der Waals surface area contributed by atoms with Crippen molar-refractivity contribution < 1.29 is 4.79 Å². The Morgan fingerprint density at radius 3 is 2.29 bits per heavy atom. The van der Waals surface area contributed by atoms with Crippen molar-refractivity contribution >= 4 is 49.0 Å². The van der Waals surface area contributed by atoms with Crippen LogP contribution in [0.4, 0.5) is 0 Å². The maximum Gasteiger partial charge on any atom is 0.222 e. The Bertz CT molecular complexity index is 1040. The average Bonchev–Trinajstić information content (AvgIpc) is 3.33. The van der Waals surface area contributed by atoms with E-state index in [9.17, 15) is 4.79 Å². The summed E-state index contributed by atoms with van der Waals surface area (Å²) in [6, 6.07) is 16.3. The molecule has 2 aromatic carbocycles. The van der Waals surface area contributed by atoms with Crippen LogP contribution < -0.4 is 0 Å². The third-order valence-electron chi connectivity index (χ3n) is 5.01. The van der Waals surface area contributed by atoms with Crippen LogP contribution in [0.2, 0.25) is 0 Å². The lowest BCUT2D eigenvalue weighted by atomic mass is 10.1. The third-order valence-corrected chi connectivity index (χ3v) is 7.31. The molecule has 1 amide bonds. The van der Waals surface area contributed by atoms with E-state index in [2.05, 4.69) is 30.1 Å². The summed E-state index contributed by atoms with van der Waals surface area (Å²) in [6.07, 6.45) is 3.36. The van der Waals surface area contributed by atoms with Crippen molar-refractivity contribution in [3.05, 3.63) is 58.5 Å². The topological polar surface area (TPSA) is 46.1 Å². The van der Waals surface area contributed by atoms with Crippen molar-refractivity contribution in [1.82, 2.24) is 14.9 Å². The summed E-state index contributed by atoms with van der Waals surface area (Å²) < 4.78 is 2.40. The zero-order valence-corrected chi connectivity index (χ0v) is 17.7. The van der Waals surface area contributed by atoms with Gasteiger partial charge in [0.25, 0.3) is 0 Å². The maximum absolute atomic E-state index is 12.6. The lowest BCUT2D eigenvalue weighted by molar-refractivity contribution is -0.131. The fraction of sp³-hybridized carbons (Fsp3) is 0.318. The predicted octanol–water partition coefficient (Wildman–Crippen LogP) is 5.84. The maximum atomic E-state index is 12.6. The first-order valence-electron chi connectivity index (χ1n) is 9.57. The van der Waals surface area contributed by atoms with E-state index >= 15 is 0 Å². The molecule has 2 aromatic heterocycles. The summed E-state index contributed by atoms with van der Waals surface area (Å²) in [4.78, 5) is 23.8. The molecule has 4 rings (SSSR count). The Balaban J connectivity index is 1.29. The summed E-state index contributed by atoms with van der Waals surface area (Å²) in [7, 11) is 1.88. The second kappa shape index (κ2) is 8.37. The molecule has 0 aliphatic carbocycles. The van der Waals surface area contributed by atoms with Crippen LogP contribution in [0.1, 0.15) is 42.2 Å². The molecule has 0 radical (unpaired) electrons. The third kappa shape index (κ3) is 4.08.